The number of hydrogen-bond donors (Lipinski definition) is 1. The van der Waals surface area contributed by atoms with E-state index in [2.05, 4.69) is 49.3 Å². The van der Waals surface area contributed by atoms with Gasteiger partial charge in [0.2, 0.25) is 0 Å². The minimum Gasteiger partial charge on any atom is -0.307 e. The summed E-state index contributed by atoms with van der Waals surface area (Å²) in [6, 6.07) is 4.85. The number of rotatable bonds is 5. The summed E-state index contributed by atoms with van der Waals surface area (Å²) in [5.74, 6) is 0. The fourth-order valence-electron chi connectivity index (χ4n) is 2.91. The van der Waals surface area contributed by atoms with Crippen molar-refractivity contribution >= 4 is 0 Å². The molecule has 1 heterocycles. The normalized spacial score (nSPS) is 17.1. The fraction of sp³-hybridized carbons (Fsp3) is 0.588. The molecule has 19 heavy (non-hydrogen) atoms. The van der Waals surface area contributed by atoms with Gasteiger partial charge in [-0.15, -0.1) is 0 Å². The van der Waals surface area contributed by atoms with E-state index in [1.54, 1.807) is 5.57 Å². The van der Waals surface area contributed by atoms with E-state index in [0.717, 1.165) is 17.9 Å². The Labute approximate surface area is 117 Å². The standard InChI is InChI=1S/C17H26N2/c1-4-10-18-17(15-8-6-5-7-9-15)16-11-13(2)19-14(3)12-16/h8,11-12,17-18H,4-7,9-10H2,1-3H3. The van der Waals surface area contributed by atoms with E-state index in [-0.39, 0.29) is 0 Å². The molecule has 0 saturated carbocycles. The highest BCUT2D eigenvalue weighted by Gasteiger charge is 2.18. The van der Waals surface area contributed by atoms with Gasteiger partial charge in [-0.25, -0.2) is 0 Å². The van der Waals surface area contributed by atoms with Gasteiger partial charge in [-0.2, -0.15) is 0 Å². The molecule has 0 aromatic carbocycles. The molecule has 1 atom stereocenters. The summed E-state index contributed by atoms with van der Waals surface area (Å²) >= 11 is 0. The highest BCUT2D eigenvalue weighted by atomic mass is 14.9. The smallest absolute Gasteiger partial charge is 0.0537 e. The van der Waals surface area contributed by atoms with Crippen LogP contribution in [0.5, 0.6) is 0 Å². The van der Waals surface area contributed by atoms with Crippen molar-refractivity contribution < 1.29 is 0 Å². The van der Waals surface area contributed by atoms with Crippen LogP contribution in [0.25, 0.3) is 0 Å². The second-order valence-electron chi connectivity index (χ2n) is 5.60. The molecule has 0 amide bonds. The van der Waals surface area contributed by atoms with Crippen molar-refractivity contribution in [1.29, 1.82) is 0 Å². The highest BCUT2D eigenvalue weighted by molar-refractivity contribution is 5.31. The Morgan fingerprint density at radius 3 is 2.53 bits per heavy atom. The zero-order valence-corrected chi connectivity index (χ0v) is 12.5. The summed E-state index contributed by atoms with van der Waals surface area (Å²) < 4.78 is 0. The maximum Gasteiger partial charge on any atom is 0.0537 e. The molecule has 1 aliphatic rings. The molecule has 1 aromatic heterocycles. The second-order valence-corrected chi connectivity index (χ2v) is 5.60. The zero-order valence-electron chi connectivity index (χ0n) is 12.5. The van der Waals surface area contributed by atoms with Crippen LogP contribution in [0.1, 0.15) is 62.0 Å². The van der Waals surface area contributed by atoms with Gasteiger partial charge < -0.3 is 5.32 Å². The third kappa shape index (κ3) is 3.90. The number of pyridine rings is 1. The van der Waals surface area contributed by atoms with Gasteiger partial charge in [0.1, 0.15) is 0 Å². The van der Waals surface area contributed by atoms with E-state index in [0.29, 0.717) is 6.04 Å². The Morgan fingerprint density at radius 2 is 1.95 bits per heavy atom. The molecule has 1 aromatic rings. The lowest BCUT2D eigenvalue weighted by Crippen LogP contribution is -2.25. The first-order chi connectivity index (χ1) is 9.20. The number of aromatic nitrogens is 1. The van der Waals surface area contributed by atoms with E-state index in [1.165, 1.54) is 37.7 Å². The molecular formula is C17H26N2. The highest BCUT2D eigenvalue weighted by Crippen LogP contribution is 2.30. The fourth-order valence-corrected chi connectivity index (χ4v) is 2.91. The zero-order chi connectivity index (χ0) is 13.7. The van der Waals surface area contributed by atoms with Crippen LogP contribution in [0.15, 0.2) is 23.8 Å². The summed E-state index contributed by atoms with van der Waals surface area (Å²) in [5, 5.41) is 3.71. The molecule has 1 aliphatic carbocycles. The number of allylic oxidation sites excluding steroid dienone is 1. The van der Waals surface area contributed by atoms with Crippen LogP contribution in [-0.4, -0.2) is 11.5 Å². The SMILES string of the molecule is CCCNC(C1=CCCCC1)c1cc(C)nc(C)c1. The molecule has 104 valence electrons. The number of nitrogens with zero attached hydrogens (tertiary/aromatic N) is 1. The summed E-state index contributed by atoms with van der Waals surface area (Å²) in [4.78, 5) is 4.49. The first-order valence-electron chi connectivity index (χ1n) is 7.58. The third-order valence-electron chi connectivity index (χ3n) is 3.73. The average Bonchev–Trinajstić information content (AvgIpc) is 2.39. The van der Waals surface area contributed by atoms with E-state index in [4.69, 9.17) is 0 Å². The Hall–Kier alpha value is -1.15. The Balaban J connectivity index is 2.27. The maximum atomic E-state index is 4.49. The minimum absolute atomic E-state index is 0.389. The van der Waals surface area contributed by atoms with Crippen molar-refractivity contribution in [2.24, 2.45) is 0 Å². The molecule has 0 bridgehead atoms. The molecular weight excluding hydrogens is 232 g/mol. The van der Waals surface area contributed by atoms with Gasteiger partial charge in [-0.05, 0) is 70.2 Å². The van der Waals surface area contributed by atoms with Crippen molar-refractivity contribution in [3.63, 3.8) is 0 Å². The maximum absolute atomic E-state index is 4.49. The van der Waals surface area contributed by atoms with Crippen molar-refractivity contribution in [3.05, 3.63) is 40.7 Å². The molecule has 0 spiro atoms. The minimum atomic E-state index is 0.389. The van der Waals surface area contributed by atoms with E-state index in [1.807, 2.05) is 0 Å². The lowest BCUT2D eigenvalue weighted by Gasteiger charge is -2.25. The van der Waals surface area contributed by atoms with Crippen LogP contribution >= 0.6 is 0 Å². The summed E-state index contributed by atoms with van der Waals surface area (Å²) in [7, 11) is 0. The van der Waals surface area contributed by atoms with Crippen LogP contribution in [0.3, 0.4) is 0 Å². The van der Waals surface area contributed by atoms with Crippen molar-refractivity contribution in [2.45, 2.75) is 58.9 Å². The first-order valence-corrected chi connectivity index (χ1v) is 7.58. The van der Waals surface area contributed by atoms with Crippen molar-refractivity contribution in [1.82, 2.24) is 10.3 Å². The first kappa shape index (κ1) is 14.3. The van der Waals surface area contributed by atoms with Gasteiger partial charge in [-0.3, -0.25) is 4.98 Å². The van der Waals surface area contributed by atoms with E-state index < -0.39 is 0 Å². The molecule has 0 fully saturated rings. The Kier molecular flexibility index (Phi) is 5.15. The van der Waals surface area contributed by atoms with Gasteiger partial charge in [-0.1, -0.05) is 18.6 Å². The van der Waals surface area contributed by atoms with Crippen LogP contribution in [0.4, 0.5) is 0 Å². The predicted octanol–water partition coefficient (Wildman–Crippen LogP) is 4.24. The van der Waals surface area contributed by atoms with Gasteiger partial charge in [0.05, 0.1) is 6.04 Å². The van der Waals surface area contributed by atoms with Crippen LogP contribution < -0.4 is 5.32 Å². The van der Waals surface area contributed by atoms with Crippen molar-refractivity contribution in [2.75, 3.05) is 6.54 Å². The second kappa shape index (κ2) is 6.85. The van der Waals surface area contributed by atoms with Gasteiger partial charge in [0.25, 0.3) is 0 Å². The van der Waals surface area contributed by atoms with Crippen LogP contribution in [0.2, 0.25) is 0 Å². The molecule has 0 saturated heterocycles. The number of nitrogens with one attached hydrogen (secondary N) is 1. The monoisotopic (exact) mass is 258 g/mol. The Bertz CT molecular complexity index is 428. The van der Waals surface area contributed by atoms with E-state index >= 15 is 0 Å². The summed E-state index contributed by atoms with van der Waals surface area (Å²) in [6.45, 7) is 7.47. The number of hydrogen-bond acceptors (Lipinski definition) is 2. The average molecular weight is 258 g/mol. The topological polar surface area (TPSA) is 24.9 Å². The number of aryl methyl sites for hydroxylation is 2. The molecule has 2 rings (SSSR count). The van der Waals surface area contributed by atoms with E-state index in [9.17, 15) is 0 Å². The molecule has 1 N–H and O–H groups in total. The Morgan fingerprint density at radius 1 is 1.21 bits per heavy atom. The van der Waals surface area contributed by atoms with Crippen molar-refractivity contribution in [3.8, 4) is 0 Å². The van der Waals surface area contributed by atoms with Gasteiger partial charge in [0, 0.05) is 11.4 Å². The lowest BCUT2D eigenvalue weighted by atomic mass is 9.89. The van der Waals surface area contributed by atoms with Crippen LogP contribution in [-0.2, 0) is 0 Å². The predicted molar refractivity (Wildman–Crippen MR) is 81.3 cm³/mol. The molecule has 0 radical (unpaired) electrons. The van der Waals surface area contributed by atoms with Gasteiger partial charge >= 0.3 is 0 Å². The largest absolute Gasteiger partial charge is 0.307 e. The lowest BCUT2D eigenvalue weighted by molar-refractivity contribution is 0.546. The molecule has 2 heteroatoms. The molecule has 1 unspecified atom stereocenters. The molecule has 2 nitrogen and oxygen atoms in total. The summed E-state index contributed by atoms with van der Waals surface area (Å²) in [5.41, 5.74) is 5.20. The van der Waals surface area contributed by atoms with Crippen LogP contribution in [0, 0.1) is 13.8 Å². The quantitative estimate of drug-likeness (QED) is 0.799. The van der Waals surface area contributed by atoms with Gasteiger partial charge in [0.15, 0.2) is 0 Å². The summed E-state index contributed by atoms with van der Waals surface area (Å²) in [6.07, 6.45) is 8.77. The third-order valence-corrected chi connectivity index (χ3v) is 3.73. The molecule has 0 aliphatic heterocycles.